The van der Waals surface area contributed by atoms with E-state index >= 15 is 0 Å². The fourth-order valence-electron chi connectivity index (χ4n) is 1.81. The molecule has 102 valence electrons. The number of nitrogens with zero attached hydrogens (tertiary/aromatic N) is 4. The summed E-state index contributed by atoms with van der Waals surface area (Å²) in [5.41, 5.74) is 8.91. The topological polar surface area (TPSA) is 69.6 Å². The van der Waals surface area contributed by atoms with Gasteiger partial charge in [0, 0.05) is 11.3 Å². The molecule has 0 amide bonds. The maximum absolute atomic E-state index is 5.95. The van der Waals surface area contributed by atoms with Crippen molar-refractivity contribution in [1.29, 1.82) is 0 Å². The molecule has 0 unspecified atom stereocenters. The Balaban J connectivity index is 2.36. The number of aryl methyl sites for hydroxylation is 1. The highest BCUT2D eigenvalue weighted by Crippen LogP contribution is 2.26. The number of nitrogens with two attached hydrogens (primary N) is 1. The lowest BCUT2D eigenvalue weighted by molar-refractivity contribution is 0.279. The van der Waals surface area contributed by atoms with Gasteiger partial charge in [-0.15, -0.1) is 5.10 Å². The molecule has 0 saturated heterocycles. The van der Waals surface area contributed by atoms with Crippen molar-refractivity contribution in [3.63, 3.8) is 0 Å². The summed E-state index contributed by atoms with van der Waals surface area (Å²) in [7, 11) is 0. The molecule has 0 aliphatic rings. The van der Waals surface area contributed by atoms with Gasteiger partial charge in [0.1, 0.15) is 0 Å². The molecule has 0 radical (unpaired) electrons. The van der Waals surface area contributed by atoms with Crippen LogP contribution in [-0.2, 0) is 6.54 Å². The minimum atomic E-state index is 0.167. The van der Waals surface area contributed by atoms with Crippen molar-refractivity contribution >= 4 is 5.69 Å². The van der Waals surface area contributed by atoms with E-state index in [0.29, 0.717) is 0 Å². The summed E-state index contributed by atoms with van der Waals surface area (Å²) < 4.78 is 1.85. The van der Waals surface area contributed by atoms with Crippen molar-refractivity contribution in [2.75, 3.05) is 5.73 Å². The van der Waals surface area contributed by atoms with Gasteiger partial charge in [-0.3, -0.25) is 0 Å². The number of hydrogen-bond donors (Lipinski definition) is 1. The number of anilines is 1. The number of benzene rings is 1. The van der Waals surface area contributed by atoms with Gasteiger partial charge in [-0.1, -0.05) is 32.9 Å². The molecular weight excluding hydrogens is 238 g/mol. The monoisotopic (exact) mass is 259 g/mol. The lowest BCUT2D eigenvalue weighted by atomic mass is 9.90. The Labute approximate surface area is 113 Å². The Morgan fingerprint density at radius 1 is 1.32 bits per heavy atom. The van der Waals surface area contributed by atoms with E-state index in [1.807, 2.05) is 29.8 Å². The van der Waals surface area contributed by atoms with Gasteiger partial charge >= 0.3 is 0 Å². The molecule has 0 aliphatic heterocycles. The van der Waals surface area contributed by atoms with Crippen molar-refractivity contribution in [2.45, 2.75) is 40.7 Å². The van der Waals surface area contributed by atoms with Gasteiger partial charge in [-0.2, -0.15) is 0 Å². The highest BCUT2D eigenvalue weighted by atomic mass is 15.5. The minimum Gasteiger partial charge on any atom is -0.398 e. The lowest BCUT2D eigenvalue weighted by Crippen LogP contribution is -2.20. The van der Waals surface area contributed by atoms with E-state index in [9.17, 15) is 0 Å². The number of aromatic nitrogens is 4. The van der Waals surface area contributed by atoms with Crippen LogP contribution in [0, 0.1) is 12.3 Å². The molecule has 5 heteroatoms. The maximum atomic E-state index is 5.95. The predicted molar refractivity (Wildman–Crippen MR) is 76.5 cm³/mol. The maximum Gasteiger partial charge on any atom is 0.182 e. The molecule has 2 aromatic rings. The summed E-state index contributed by atoms with van der Waals surface area (Å²) in [6.07, 6.45) is 1.07. The van der Waals surface area contributed by atoms with Crippen LogP contribution in [-0.4, -0.2) is 20.2 Å². The van der Waals surface area contributed by atoms with Gasteiger partial charge in [-0.05, 0) is 40.8 Å². The molecule has 0 bridgehead atoms. The quantitative estimate of drug-likeness (QED) is 0.857. The van der Waals surface area contributed by atoms with Gasteiger partial charge < -0.3 is 5.73 Å². The first-order valence-corrected chi connectivity index (χ1v) is 6.55. The zero-order chi connectivity index (χ0) is 14.0. The van der Waals surface area contributed by atoms with E-state index in [2.05, 4.69) is 36.3 Å². The van der Waals surface area contributed by atoms with Crippen molar-refractivity contribution < 1.29 is 0 Å². The minimum absolute atomic E-state index is 0.167. The van der Waals surface area contributed by atoms with Crippen LogP contribution in [0.25, 0.3) is 11.4 Å². The zero-order valence-corrected chi connectivity index (χ0v) is 12.0. The fourth-order valence-corrected chi connectivity index (χ4v) is 1.81. The molecule has 19 heavy (non-hydrogen) atoms. The van der Waals surface area contributed by atoms with Crippen LogP contribution >= 0.6 is 0 Å². The molecule has 0 saturated carbocycles. The molecule has 2 rings (SSSR count). The fraction of sp³-hybridized carbons (Fsp3) is 0.500. The van der Waals surface area contributed by atoms with Crippen molar-refractivity contribution in [3.8, 4) is 11.4 Å². The van der Waals surface area contributed by atoms with Gasteiger partial charge in [-0.25, -0.2) is 4.68 Å². The lowest BCUT2D eigenvalue weighted by Gasteiger charge is -2.22. The second kappa shape index (κ2) is 4.99. The number of hydrogen-bond acceptors (Lipinski definition) is 4. The molecule has 5 nitrogen and oxygen atoms in total. The van der Waals surface area contributed by atoms with E-state index in [0.717, 1.165) is 35.6 Å². The van der Waals surface area contributed by atoms with Crippen molar-refractivity contribution in [3.05, 3.63) is 23.8 Å². The average Bonchev–Trinajstić information content (AvgIpc) is 2.80. The first-order chi connectivity index (χ1) is 8.93. The predicted octanol–water partition coefficient (Wildman–Crippen LogP) is 2.67. The Bertz CT molecular complexity index is 571. The van der Waals surface area contributed by atoms with Crippen LogP contribution in [0.1, 0.15) is 32.8 Å². The molecule has 0 fully saturated rings. The smallest absolute Gasteiger partial charge is 0.182 e. The molecule has 1 aromatic heterocycles. The van der Waals surface area contributed by atoms with E-state index in [1.54, 1.807) is 0 Å². The average molecular weight is 259 g/mol. The summed E-state index contributed by atoms with van der Waals surface area (Å²) in [6, 6.07) is 5.93. The van der Waals surface area contributed by atoms with Gasteiger partial charge in [0.05, 0.1) is 6.54 Å². The Morgan fingerprint density at radius 2 is 2.05 bits per heavy atom. The van der Waals surface area contributed by atoms with E-state index in [-0.39, 0.29) is 5.41 Å². The highest BCUT2D eigenvalue weighted by Gasteiger charge is 2.20. The van der Waals surface area contributed by atoms with Gasteiger partial charge in [0.25, 0.3) is 0 Å². The summed E-state index contributed by atoms with van der Waals surface area (Å²) in [4.78, 5) is 0. The number of rotatable bonds is 4. The van der Waals surface area contributed by atoms with Crippen LogP contribution in [0.15, 0.2) is 18.2 Å². The molecule has 0 spiro atoms. The molecule has 0 atom stereocenters. The molecule has 2 N–H and O–H groups in total. The molecule has 1 heterocycles. The van der Waals surface area contributed by atoms with Gasteiger partial charge in [0.15, 0.2) is 5.82 Å². The normalized spacial score (nSPS) is 11.8. The Hall–Kier alpha value is -1.91. The number of nitrogen functional groups attached to an aromatic ring is 1. The van der Waals surface area contributed by atoms with Crippen LogP contribution in [0.5, 0.6) is 0 Å². The Kier molecular flexibility index (Phi) is 3.55. The molecule has 1 aromatic carbocycles. The second-order valence-corrected chi connectivity index (χ2v) is 5.75. The largest absolute Gasteiger partial charge is 0.398 e. The highest BCUT2D eigenvalue weighted by molar-refractivity contribution is 5.63. The van der Waals surface area contributed by atoms with Crippen LogP contribution in [0.3, 0.4) is 0 Å². The van der Waals surface area contributed by atoms with Crippen molar-refractivity contribution in [2.24, 2.45) is 5.41 Å². The van der Waals surface area contributed by atoms with Crippen LogP contribution < -0.4 is 5.73 Å². The van der Waals surface area contributed by atoms with E-state index in [4.69, 9.17) is 5.73 Å². The second-order valence-electron chi connectivity index (χ2n) is 5.75. The van der Waals surface area contributed by atoms with Crippen LogP contribution in [0.2, 0.25) is 0 Å². The first-order valence-electron chi connectivity index (χ1n) is 6.55. The van der Waals surface area contributed by atoms with E-state index < -0.39 is 0 Å². The summed E-state index contributed by atoms with van der Waals surface area (Å²) >= 11 is 0. The SMILES string of the molecule is CCC(C)(C)Cn1nnnc1-c1ccc(C)c(N)c1. The number of tetrazole rings is 1. The van der Waals surface area contributed by atoms with E-state index in [1.165, 1.54) is 0 Å². The van der Waals surface area contributed by atoms with Gasteiger partial charge in [0.2, 0.25) is 0 Å². The summed E-state index contributed by atoms with van der Waals surface area (Å²) in [6.45, 7) is 9.37. The third kappa shape index (κ3) is 2.92. The standard InChI is InChI=1S/C14H21N5/c1-5-14(3,4)9-19-13(16-17-18-19)11-7-6-10(2)12(15)8-11/h6-8H,5,9,15H2,1-4H3. The van der Waals surface area contributed by atoms with Crippen LogP contribution in [0.4, 0.5) is 5.69 Å². The zero-order valence-electron chi connectivity index (χ0n) is 12.0. The summed E-state index contributed by atoms with van der Waals surface area (Å²) in [5.74, 6) is 0.772. The molecular formula is C14H21N5. The van der Waals surface area contributed by atoms with Crippen molar-refractivity contribution in [1.82, 2.24) is 20.2 Å². The third-order valence-electron chi connectivity index (χ3n) is 3.60. The molecule has 0 aliphatic carbocycles. The first kappa shape index (κ1) is 13.5. The summed E-state index contributed by atoms with van der Waals surface area (Å²) in [5, 5.41) is 12.0. The Morgan fingerprint density at radius 3 is 2.68 bits per heavy atom. The third-order valence-corrected chi connectivity index (χ3v) is 3.60.